The van der Waals surface area contributed by atoms with Crippen LogP contribution < -0.4 is 5.32 Å². The van der Waals surface area contributed by atoms with Gasteiger partial charge in [-0.2, -0.15) is 0 Å². The summed E-state index contributed by atoms with van der Waals surface area (Å²) in [6.45, 7) is 0.923. The zero-order chi connectivity index (χ0) is 14.3. The molecule has 1 fully saturated rings. The summed E-state index contributed by atoms with van der Waals surface area (Å²) in [5, 5.41) is 12.4. The average Bonchev–Trinajstić information content (AvgIpc) is 2.35. The van der Waals surface area contributed by atoms with Crippen LogP contribution in [0.2, 0.25) is 0 Å². The van der Waals surface area contributed by atoms with E-state index in [0.717, 1.165) is 32.2 Å². The van der Waals surface area contributed by atoms with Crippen molar-refractivity contribution in [2.24, 2.45) is 5.92 Å². The predicted octanol–water partition coefficient (Wildman–Crippen LogP) is 0.821. The molecule has 19 heavy (non-hydrogen) atoms. The molecule has 7 heteroatoms. The van der Waals surface area contributed by atoms with Crippen LogP contribution in [0, 0.1) is 16.0 Å². The highest BCUT2D eigenvalue weighted by Gasteiger charge is 2.23. The molecule has 7 nitrogen and oxygen atoms in total. The van der Waals surface area contributed by atoms with Gasteiger partial charge in [0.15, 0.2) is 0 Å². The maximum atomic E-state index is 11.7. The Bertz CT molecular complexity index is 301. The number of rotatable bonds is 7. The van der Waals surface area contributed by atoms with Crippen molar-refractivity contribution in [3.05, 3.63) is 10.1 Å². The summed E-state index contributed by atoms with van der Waals surface area (Å²) in [5.41, 5.74) is 0. The molecule has 1 aliphatic carbocycles. The maximum Gasteiger partial charge on any atom is 0.294 e. The average molecular weight is 273 g/mol. The molecule has 0 atom stereocenters. The van der Waals surface area contributed by atoms with Gasteiger partial charge in [-0.05, 0) is 45.7 Å². The van der Waals surface area contributed by atoms with Crippen molar-refractivity contribution in [3.8, 4) is 0 Å². The van der Waals surface area contributed by atoms with Gasteiger partial charge in [0, 0.05) is 19.0 Å². The lowest BCUT2D eigenvalue weighted by Crippen LogP contribution is -2.39. The zero-order valence-electron chi connectivity index (χ0n) is 11.6. The molecule has 0 unspecified atom stereocenters. The molecule has 0 aromatic rings. The Hall–Kier alpha value is -1.37. The van der Waals surface area contributed by atoms with Gasteiger partial charge in [0.1, 0.15) is 0 Å². The molecular formula is C12H23N3O4. The van der Waals surface area contributed by atoms with E-state index in [-0.39, 0.29) is 24.5 Å². The van der Waals surface area contributed by atoms with Crippen molar-refractivity contribution in [1.82, 2.24) is 10.2 Å². The molecule has 0 radical (unpaired) electrons. The van der Waals surface area contributed by atoms with Crippen LogP contribution in [0.25, 0.3) is 0 Å². The molecule has 1 amide bonds. The van der Waals surface area contributed by atoms with E-state index < -0.39 is 5.09 Å². The first kappa shape index (κ1) is 15.7. The van der Waals surface area contributed by atoms with Crippen molar-refractivity contribution < 1.29 is 14.7 Å². The fourth-order valence-corrected chi connectivity index (χ4v) is 2.26. The van der Waals surface area contributed by atoms with Crippen LogP contribution in [-0.2, 0) is 9.63 Å². The highest BCUT2D eigenvalue weighted by atomic mass is 16.9. The molecule has 1 aliphatic rings. The lowest BCUT2D eigenvalue weighted by Gasteiger charge is -2.28. The Morgan fingerprint density at radius 2 is 2.00 bits per heavy atom. The fraction of sp³-hybridized carbons (Fsp3) is 0.917. The summed E-state index contributed by atoms with van der Waals surface area (Å²) in [6.07, 6.45) is 4.00. The molecule has 0 aromatic carbocycles. The van der Waals surface area contributed by atoms with Crippen LogP contribution in [0.1, 0.15) is 32.1 Å². The number of nitrogens with one attached hydrogen (secondary N) is 1. The van der Waals surface area contributed by atoms with E-state index in [4.69, 9.17) is 0 Å². The molecule has 1 N–H and O–H groups in total. The van der Waals surface area contributed by atoms with E-state index in [9.17, 15) is 14.9 Å². The van der Waals surface area contributed by atoms with Crippen LogP contribution in [0.3, 0.4) is 0 Å². The van der Waals surface area contributed by atoms with Gasteiger partial charge in [-0.3, -0.25) is 4.79 Å². The number of carbonyl (C=O) groups excluding carboxylic acids is 1. The highest BCUT2D eigenvalue weighted by Crippen LogP contribution is 2.24. The third-order valence-electron chi connectivity index (χ3n) is 3.41. The van der Waals surface area contributed by atoms with Gasteiger partial charge < -0.3 is 15.1 Å². The molecular weight excluding hydrogens is 250 g/mol. The van der Waals surface area contributed by atoms with E-state index in [2.05, 4.69) is 10.2 Å². The van der Waals surface area contributed by atoms with E-state index in [0.29, 0.717) is 6.42 Å². The molecule has 0 heterocycles. The second kappa shape index (κ2) is 7.93. The monoisotopic (exact) mass is 273 g/mol. The standard InChI is InChI=1S/C12H23N3O4/c1-14(2)8-7-12(16)13-11-5-3-10(4-6-11)9-19-15(17)18/h10-11H,3-9H2,1-2H3,(H,13,16). The summed E-state index contributed by atoms with van der Waals surface area (Å²) < 4.78 is 0. The lowest BCUT2D eigenvalue weighted by molar-refractivity contribution is -0.759. The summed E-state index contributed by atoms with van der Waals surface area (Å²) in [5.74, 6) is 0.319. The van der Waals surface area contributed by atoms with Gasteiger partial charge >= 0.3 is 0 Å². The first-order valence-corrected chi connectivity index (χ1v) is 6.68. The molecule has 110 valence electrons. The molecule has 0 bridgehead atoms. The van der Waals surface area contributed by atoms with Gasteiger partial charge in [0.2, 0.25) is 5.91 Å². The van der Waals surface area contributed by atoms with Crippen molar-refractivity contribution in [1.29, 1.82) is 0 Å². The predicted molar refractivity (Wildman–Crippen MR) is 70.0 cm³/mol. The number of amides is 1. The number of carbonyl (C=O) groups is 1. The Morgan fingerprint density at radius 1 is 1.37 bits per heavy atom. The Balaban J connectivity index is 2.15. The Kier molecular flexibility index (Phi) is 6.55. The van der Waals surface area contributed by atoms with Gasteiger partial charge in [0.25, 0.3) is 5.09 Å². The SMILES string of the molecule is CN(C)CCC(=O)NC1CCC(CO[N+](=O)[O-])CC1. The van der Waals surface area contributed by atoms with E-state index >= 15 is 0 Å². The Labute approximate surface area is 113 Å². The zero-order valence-corrected chi connectivity index (χ0v) is 11.6. The van der Waals surface area contributed by atoms with Crippen LogP contribution >= 0.6 is 0 Å². The minimum atomic E-state index is -0.741. The van der Waals surface area contributed by atoms with E-state index in [1.54, 1.807) is 0 Å². The largest absolute Gasteiger partial charge is 0.353 e. The quantitative estimate of drug-likeness (QED) is 0.548. The van der Waals surface area contributed by atoms with Gasteiger partial charge in [-0.15, -0.1) is 10.1 Å². The van der Waals surface area contributed by atoms with E-state index in [1.165, 1.54) is 0 Å². The van der Waals surface area contributed by atoms with Crippen LogP contribution in [0.5, 0.6) is 0 Å². The van der Waals surface area contributed by atoms with Gasteiger partial charge in [-0.1, -0.05) is 0 Å². The highest BCUT2D eigenvalue weighted by molar-refractivity contribution is 5.76. The van der Waals surface area contributed by atoms with Gasteiger partial charge in [0.05, 0.1) is 6.61 Å². The number of hydrogen-bond acceptors (Lipinski definition) is 5. The normalized spacial score (nSPS) is 23.1. The first-order valence-electron chi connectivity index (χ1n) is 6.68. The first-order chi connectivity index (χ1) is 8.97. The van der Waals surface area contributed by atoms with E-state index in [1.807, 2.05) is 19.0 Å². The molecule has 1 rings (SSSR count). The van der Waals surface area contributed by atoms with Crippen LogP contribution in [0.4, 0.5) is 0 Å². The minimum Gasteiger partial charge on any atom is -0.353 e. The molecule has 0 aliphatic heterocycles. The third kappa shape index (κ3) is 6.95. The number of nitrogens with zero attached hydrogens (tertiary/aromatic N) is 2. The van der Waals surface area contributed by atoms with Crippen molar-refractivity contribution in [3.63, 3.8) is 0 Å². The minimum absolute atomic E-state index is 0.0821. The summed E-state index contributed by atoms with van der Waals surface area (Å²) in [6, 6.07) is 0.210. The number of hydrogen-bond donors (Lipinski definition) is 1. The molecule has 0 aromatic heterocycles. The molecule has 0 spiro atoms. The second-order valence-corrected chi connectivity index (χ2v) is 5.36. The van der Waals surface area contributed by atoms with Crippen molar-refractivity contribution in [2.45, 2.75) is 38.1 Å². The fourth-order valence-electron chi connectivity index (χ4n) is 2.26. The molecule has 0 saturated heterocycles. The smallest absolute Gasteiger partial charge is 0.294 e. The van der Waals surface area contributed by atoms with Crippen molar-refractivity contribution >= 4 is 5.91 Å². The Morgan fingerprint density at radius 3 is 2.53 bits per heavy atom. The lowest BCUT2D eigenvalue weighted by atomic mass is 9.86. The summed E-state index contributed by atoms with van der Waals surface area (Å²) >= 11 is 0. The van der Waals surface area contributed by atoms with Crippen LogP contribution in [-0.4, -0.2) is 49.2 Å². The van der Waals surface area contributed by atoms with Crippen molar-refractivity contribution in [2.75, 3.05) is 27.2 Å². The third-order valence-corrected chi connectivity index (χ3v) is 3.41. The summed E-state index contributed by atoms with van der Waals surface area (Å²) in [4.78, 5) is 28.1. The summed E-state index contributed by atoms with van der Waals surface area (Å²) in [7, 11) is 3.88. The topological polar surface area (TPSA) is 84.7 Å². The van der Waals surface area contributed by atoms with Crippen LogP contribution in [0.15, 0.2) is 0 Å². The molecule has 1 saturated carbocycles. The van der Waals surface area contributed by atoms with Gasteiger partial charge in [-0.25, -0.2) is 0 Å². The second-order valence-electron chi connectivity index (χ2n) is 5.36. The maximum absolute atomic E-state index is 11.7.